The zero-order chi connectivity index (χ0) is 13.7. The van der Waals surface area contributed by atoms with E-state index < -0.39 is 51.2 Å². The lowest BCUT2D eigenvalue weighted by molar-refractivity contribution is -0.0717. The Labute approximate surface area is 101 Å². The van der Waals surface area contributed by atoms with Crippen molar-refractivity contribution in [1.29, 1.82) is 0 Å². The summed E-state index contributed by atoms with van der Waals surface area (Å²) in [6, 6.07) is 1.70. The molecule has 0 radical (unpaired) electrons. The molecule has 1 aliphatic carbocycles. The SMILES string of the molecule is O=C1c2c(C[SH](=O)=O)ccc(F)c2[C@H](O)C1(F)F. The largest absolute Gasteiger partial charge is 0.381 e. The van der Waals surface area contributed by atoms with Crippen LogP contribution >= 0.6 is 0 Å². The first-order valence-electron chi connectivity index (χ1n) is 4.80. The third-order valence-corrected chi connectivity index (χ3v) is 3.32. The molecule has 0 amide bonds. The molecule has 2 rings (SSSR count). The van der Waals surface area contributed by atoms with Crippen LogP contribution in [0.2, 0.25) is 0 Å². The van der Waals surface area contributed by atoms with E-state index >= 15 is 0 Å². The van der Waals surface area contributed by atoms with Crippen molar-refractivity contribution in [3.8, 4) is 0 Å². The molecule has 18 heavy (non-hydrogen) atoms. The van der Waals surface area contributed by atoms with E-state index in [-0.39, 0.29) is 5.56 Å². The second-order valence-electron chi connectivity index (χ2n) is 3.84. The summed E-state index contributed by atoms with van der Waals surface area (Å²) >= 11 is 0. The number of hydrogen-bond donors (Lipinski definition) is 2. The molecule has 98 valence electrons. The number of ketones is 1. The van der Waals surface area contributed by atoms with Crippen molar-refractivity contribution in [2.45, 2.75) is 17.8 Å². The quantitative estimate of drug-likeness (QED) is 0.786. The minimum atomic E-state index is -4.13. The zero-order valence-corrected chi connectivity index (χ0v) is 9.59. The molecule has 8 heteroatoms. The van der Waals surface area contributed by atoms with E-state index in [1.807, 2.05) is 0 Å². The molecule has 0 saturated heterocycles. The Morgan fingerprint density at radius 1 is 1.33 bits per heavy atom. The number of Topliss-reactive ketones (excluding diaryl/α,β-unsaturated/α-hetero) is 1. The first-order valence-corrected chi connectivity index (χ1v) is 6.16. The molecular formula is C10H7F3O4S. The van der Waals surface area contributed by atoms with Crippen molar-refractivity contribution < 1.29 is 31.5 Å². The smallest absolute Gasteiger partial charge is 0.339 e. The van der Waals surface area contributed by atoms with Crippen molar-refractivity contribution in [2.75, 3.05) is 0 Å². The van der Waals surface area contributed by atoms with E-state index in [1.165, 1.54) is 0 Å². The normalized spacial score (nSPS) is 21.4. The predicted molar refractivity (Wildman–Crippen MR) is 54.7 cm³/mol. The van der Waals surface area contributed by atoms with Crippen molar-refractivity contribution in [3.05, 3.63) is 34.6 Å². The first-order chi connectivity index (χ1) is 8.26. The van der Waals surface area contributed by atoms with Gasteiger partial charge in [0.1, 0.15) is 16.5 Å². The lowest BCUT2D eigenvalue weighted by atomic mass is 10.0. The average molecular weight is 280 g/mol. The van der Waals surface area contributed by atoms with Crippen LogP contribution in [-0.4, -0.2) is 25.2 Å². The fraction of sp³-hybridized carbons (Fsp3) is 0.300. The maximum atomic E-state index is 13.4. The summed E-state index contributed by atoms with van der Waals surface area (Å²) in [5.74, 6) is -7.70. The number of aliphatic hydroxyl groups excluding tert-OH is 1. The number of halogens is 3. The van der Waals surface area contributed by atoms with Gasteiger partial charge in [0.05, 0.1) is 5.75 Å². The summed E-state index contributed by atoms with van der Waals surface area (Å²) < 4.78 is 61.2. The summed E-state index contributed by atoms with van der Waals surface area (Å²) in [4.78, 5) is 11.4. The number of carbonyl (C=O) groups excluding carboxylic acids is 1. The summed E-state index contributed by atoms with van der Waals surface area (Å²) in [5, 5.41) is 9.26. The van der Waals surface area contributed by atoms with E-state index in [9.17, 15) is 31.5 Å². The molecule has 0 spiro atoms. The molecule has 1 aromatic carbocycles. The number of alkyl halides is 2. The minimum absolute atomic E-state index is 0.233. The number of benzene rings is 1. The van der Waals surface area contributed by atoms with E-state index in [0.717, 1.165) is 12.1 Å². The molecule has 0 heterocycles. The number of hydrogen-bond acceptors (Lipinski definition) is 4. The van der Waals surface area contributed by atoms with Crippen LogP contribution in [0.4, 0.5) is 13.2 Å². The van der Waals surface area contributed by atoms with Crippen LogP contribution in [-0.2, 0) is 16.5 Å². The molecule has 0 aromatic heterocycles. The van der Waals surface area contributed by atoms with Gasteiger partial charge in [-0.05, 0) is 11.6 Å². The van der Waals surface area contributed by atoms with Gasteiger partial charge >= 0.3 is 5.92 Å². The van der Waals surface area contributed by atoms with Gasteiger partial charge in [0.2, 0.25) is 5.78 Å². The lowest BCUT2D eigenvalue weighted by Crippen LogP contribution is -2.28. The molecule has 1 N–H and O–H groups in total. The van der Waals surface area contributed by atoms with Crippen LogP contribution in [0.25, 0.3) is 0 Å². The van der Waals surface area contributed by atoms with E-state index in [0.29, 0.717) is 0 Å². The van der Waals surface area contributed by atoms with Gasteiger partial charge in [0.25, 0.3) is 0 Å². The molecule has 0 aliphatic heterocycles. The first kappa shape index (κ1) is 13.0. The summed E-state index contributed by atoms with van der Waals surface area (Å²) in [7, 11) is -2.96. The average Bonchev–Trinajstić information content (AvgIpc) is 2.44. The summed E-state index contributed by atoms with van der Waals surface area (Å²) in [5.41, 5.74) is -1.80. The number of rotatable bonds is 2. The number of fused-ring (bicyclic) bond motifs is 1. The van der Waals surface area contributed by atoms with Crippen LogP contribution < -0.4 is 0 Å². The Hall–Kier alpha value is -1.41. The monoisotopic (exact) mass is 280 g/mol. The highest BCUT2D eigenvalue weighted by Crippen LogP contribution is 2.45. The fourth-order valence-corrected chi connectivity index (χ4v) is 2.46. The number of thiol groups is 1. The van der Waals surface area contributed by atoms with Crippen LogP contribution in [0.15, 0.2) is 12.1 Å². The van der Waals surface area contributed by atoms with Crippen LogP contribution in [0.1, 0.15) is 27.6 Å². The summed E-state index contributed by atoms with van der Waals surface area (Å²) in [6.07, 6.45) is -2.58. The minimum Gasteiger partial charge on any atom is -0.381 e. The second-order valence-corrected chi connectivity index (χ2v) is 4.82. The van der Waals surface area contributed by atoms with Gasteiger partial charge in [-0.1, -0.05) is 6.07 Å². The van der Waals surface area contributed by atoms with E-state index in [2.05, 4.69) is 0 Å². The van der Waals surface area contributed by atoms with Crippen molar-refractivity contribution in [1.82, 2.24) is 0 Å². The maximum absolute atomic E-state index is 13.4. The standard InChI is InChI=1S/C10H7F3O4S/c11-5-2-1-4(3-18(16)17)6-7(5)9(15)10(12,13)8(6)14/h1-2,9,15,18H,3H2/t9-/m0/s1. The Morgan fingerprint density at radius 2 is 1.94 bits per heavy atom. The highest BCUT2D eigenvalue weighted by Gasteiger charge is 2.56. The molecule has 0 bridgehead atoms. The molecule has 4 nitrogen and oxygen atoms in total. The van der Waals surface area contributed by atoms with Crippen LogP contribution in [0, 0.1) is 5.82 Å². The third kappa shape index (κ3) is 1.72. The third-order valence-electron chi connectivity index (χ3n) is 2.72. The number of carbonyl (C=O) groups is 1. The molecule has 0 unspecified atom stereocenters. The topological polar surface area (TPSA) is 71.4 Å². The molecular weight excluding hydrogens is 273 g/mol. The van der Waals surface area contributed by atoms with Gasteiger partial charge < -0.3 is 5.11 Å². The van der Waals surface area contributed by atoms with Gasteiger partial charge in [-0.25, -0.2) is 12.8 Å². The zero-order valence-electron chi connectivity index (χ0n) is 8.69. The van der Waals surface area contributed by atoms with E-state index in [4.69, 9.17) is 0 Å². The molecule has 0 fully saturated rings. The maximum Gasteiger partial charge on any atom is 0.339 e. The van der Waals surface area contributed by atoms with Gasteiger partial charge in [-0.2, -0.15) is 8.78 Å². The Morgan fingerprint density at radius 3 is 2.50 bits per heavy atom. The lowest BCUT2D eigenvalue weighted by Gasteiger charge is -2.11. The molecule has 0 saturated carbocycles. The van der Waals surface area contributed by atoms with Crippen molar-refractivity contribution in [3.63, 3.8) is 0 Å². The van der Waals surface area contributed by atoms with Gasteiger partial charge in [-0.3, -0.25) is 4.79 Å². The van der Waals surface area contributed by atoms with Gasteiger partial charge in [-0.15, -0.1) is 0 Å². The molecule has 1 aromatic rings. The Kier molecular flexibility index (Phi) is 2.94. The van der Waals surface area contributed by atoms with E-state index in [1.54, 1.807) is 0 Å². The fourth-order valence-electron chi connectivity index (χ4n) is 1.92. The molecule has 1 aliphatic rings. The Bertz CT molecular complexity index is 601. The molecule has 1 atom stereocenters. The van der Waals surface area contributed by atoms with Gasteiger partial charge in [0, 0.05) is 11.1 Å². The highest BCUT2D eigenvalue weighted by molar-refractivity contribution is 7.71. The predicted octanol–water partition coefficient (Wildman–Crippen LogP) is 0.802. The van der Waals surface area contributed by atoms with Crippen LogP contribution in [0.3, 0.4) is 0 Å². The Balaban J connectivity index is 2.71. The highest BCUT2D eigenvalue weighted by atomic mass is 32.2. The summed E-state index contributed by atoms with van der Waals surface area (Å²) in [6.45, 7) is 0. The van der Waals surface area contributed by atoms with Gasteiger partial charge in [0.15, 0.2) is 6.10 Å². The van der Waals surface area contributed by atoms with Crippen molar-refractivity contribution in [2.24, 2.45) is 0 Å². The van der Waals surface area contributed by atoms with Crippen LogP contribution in [0.5, 0.6) is 0 Å². The second kappa shape index (κ2) is 4.06. The number of aliphatic hydroxyl groups is 1. The van der Waals surface area contributed by atoms with Crippen molar-refractivity contribution >= 4 is 16.5 Å².